The number of halogens is 1. The van der Waals surface area contributed by atoms with Crippen LogP contribution in [0.25, 0.3) is 0 Å². The van der Waals surface area contributed by atoms with Gasteiger partial charge < -0.3 is 4.90 Å². The van der Waals surface area contributed by atoms with E-state index in [2.05, 4.69) is 4.90 Å². The Balaban J connectivity index is 1.86. The Kier molecular flexibility index (Phi) is 3.91. The first-order valence-electron chi connectivity index (χ1n) is 7.24. The molecule has 0 bridgehead atoms. The molecule has 0 saturated carbocycles. The van der Waals surface area contributed by atoms with Gasteiger partial charge in [-0.25, -0.2) is 12.8 Å². The lowest BCUT2D eigenvalue weighted by Crippen LogP contribution is -2.21. The third-order valence-corrected chi connectivity index (χ3v) is 5.28. The molecule has 0 aromatic heterocycles. The molecule has 3 rings (SSSR count). The highest BCUT2D eigenvalue weighted by Gasteiger charge is 2.27. The molecule has 0 amide bonds. The van der Waals surface area contributed by atoms with Crippen LogP contribution in [0.3, 0.4) is 0 Å². The number of anilines is 1. The molecule has 116 valence electrons. The molecule has 1 saturated heterocycles. The van der Waals surface area contributed by atoms with Crippen LogP contribution in [-0.2, 0) is 9.84 Å². The summed E-state index contributed by atoms with van der Waals surface area (Å²) in [6.45, 7) is 1.55. The van der Waals surface area contributed by atoms with Crippen LogP contribution < -0.4 is 4.90 Å². The van der Waals surface area contributed by atoms with Gasteiger partial charge in [0.25, 0.3) is 0 Å². The Labute approximate surface area is 130 Å². The van der Waals surface area contributed by atoms with Crippen LogP contribution in [0.1, 0.15) is 17.9 Å². The van der Waals surface area contributed by atoms with Crippen molar-refractivity contribution in [2.24, 2.45) is 0 Å². The lowest BCUT2D eigenvalue weighted by molar-refractivity contribution is 0.601. The maximum Gasteiger partial charge on any atom is 0.177 e. The second kappa shape index (κ2) is 5.72. The number of hydrogen-bond donors (Lipinski definition) is 0. The zero-order valence-corrected chi connectivity index (χ0v) is 13.2. The fourth-order valence-electron chi connectivity index (χ4n) is 3.02. The van der Waals surface area contributed by atoms with Gasteiger partial charge in [0.2, 0.25) is 0 Å². The topological polar surface area (TPSA) is 37.4 Å². The van der Waals surface area contributed by atoms with Crippen molar-refractivity contribution in [3.8, 4) is 0 Å². The van der Waals surface area contributed by atoms with Gasteiger partial charge >= 0.3 is 0 Å². The maximum atomic E-state index is 13.0. The number of hydrogen-bond acceptors (Lipinski definition) is 3. The Morgan fingerprint density at radius 2 is 1.77 bits per heavy atom. The summed E-state index contributed by atoms with van der Waals surface area (Å²) in [7, 11) is -3.25. The van der Waals surface area contributed by atoms with E-state index in [4.69, 9.17) is 0 Å². The van der Waals surface area contributed by atoms with E-state index in [0.29, 0.717) is 10.8 Å². The number of para-hydroxylation sites is 1. The fourth-order valence-corrected chi connectivity index (χ4v) is 3.92. The van der Waals surface area contributed by atoms with Gasteiger partial charge in [-0.05, 0) is 36.2 Å². The summed E-state index contributed by atoms with van der Waals surface area (Å²) in [6, 6.07) is 13.7. The van der Waals surface area contributed by atoms with Crippen molar-refractivity contribution in [1.82, 2.24) is 0 Å². The van der Waals surface area contributed by atoms with Crippen molar-refractivity contribution in [3.05, 3.63) is 59.9 Å². The smallest absolute Gasteiger partial charge is 0.177 e. The van der Waals surface area contributed by atoms with Crippen LogP contribution in [-0.4, -0.2) is 27.8 Å². The number of benzene rings is 2. The molecule has 0 aliphatic carbocycles. The third-order valence-electron chi connectivity index (χ3n) is 4.14. The predicted molar refractivity (Wildman–Crippen MR) is 85.5 cm³/mol. The van der Waals surface area contributed by atoms with Gasteiger partial charge in [-0.3, -0.25) is 0 Å². The highest BCUT2D eigenvalue weighted by molar-refractivity contribution is 7.90. The molecule has 22 heavy (non-hydrogen) atoms. The minimum absolute atomic E-state index is 0.235. The molecule has 2 aromatic carbocycles. The molecule has 1 aliphatic heterocycles. The summed E-state index contributed by atoms with van der Waals surface area (Å²) >= 11 is 0. The number of nitrogens with zero attached hydrogens (tertiary/aromatic N) is 1. The SMILES string of the molecule is CS(=O)(=O)c1ccccc1N1CCC(c2ccc(F)cc2)C1. The minimum Gasteiger partial charge on any atom is -0.370 e. The van der Waals surface area contributed by atoms with Crippen LogP contribution in [0, 0.1) is 5.82 Å². The van der Waals surface area contributed by atoms with Gasteiger partial charge in [0, 0.05) is 25.3 Å². The van der Waals surface area contributed by atoms with Crippen LogP contribution in [0.15, 0.2) is 53.4 Å². The quantitative estimate of drug-likeness (QED) is 0.872. The summed E-state index contributed by atoms with van der Waals surface area (Å²) in [5.74, 6) is 0.0641. The van der Waals surface area contributed by atoms with E-state index in [1.165, 1.54) is 18.4 Å². The molecule has 3 nitrogen and oxygen atoms in total. The lowest BCUT2D eigenvalue weighted by Gasteiger charge is -2.21. The van der Waals surface area contributed by atoms with Gasteiger partial charge in [-0.2, -0.15) is 0 Å². The summed E-state index contributed by atoms with van der Waals surface area (Å²) < 4.78 is 36.9. The Morgan fingerprint density at radius 3 is 2.45 bits per heavy atom. The molecule has 5 heteroatoms. The van der Waals surface area contributed by atoms with Gasteiger partial charge in [0.15, 0.2) is 9.84 Å². The largest absolute Gasteiger partial charge is 0.370 e. The van der Waals surface area contributed by atoms with Gasteiger partial charge in [-0.15, -0.1) is 0 Å². The molecule has 1 heterocycles. The van der Waals surface area contributed by atoms with E-state index in [1.807, 2.05) is 24.3 Å². The summed E-state index contributed by atoms with van der Waals surface area (Å²) in [6.07, 6.45) is 2.17. The molecule has 0 N–H and O–H groups in total. The van der Waals surface area contributed by atoms with E-state index in [9.17, 15) is 12.8 Å². The van der Waals surface area contributed by atoms with Gasteiger partial charge in [-0.1, -0.05) is 24.3 Å². The van der Waals surface area contributed by atoms with Crippen molar-refractivity contribution >= 4 is 15.5 Å². The van der Waals surface area contributed by atoms with E-state index in [0.717, 1.165) is 30.8 Å². The number of rotatable bonds is 3. The predicted octanol–water partition coefficient (Wildman–Crippen LogP) is 3.22. The van der Waals surface area contributed by atoms with Crippen molar-refractivity contribution < 1.29 is 12.8 Å². The fraction of sp³-hybridized carbons (Fsp3) is 0.294. The second-order valence-electron chi connectivity index (χ2n) is 5.72. The average molecular weight is 319 g/mol. The van der Waals surface area contributed by atoms with E-state index < -0.39 is 9.84 Å². The maximum absolute atomic E-state index is 13.0. The molecule has 1 unspecified atom stereocenters. The molecule has 0 spiro atoms. The molecule has 1 atom stereocenters. The Morgan fingerprint density at radius 1 is 1.09 bits per heavy atom. The van der Waals surface area contributed by atoms with Gasteiger partial charge in [0.05, 0.1) is 10.6 Å². The molecule has 2 aromatic rings. The van der Waals surface area contributed by atoms with Crippen molar-refractivity contribution in [2.75, 3.05) is 24.2 Å². The highest BCUT2D eigenvalue weighted by Crippen LogP contribution is 2.34. The first-order valence-corrected chi connectivity index (χ1v) is 9.14. The van der Waals surface area contributed by atoms with Crippen molar-refractivity contribution in [2.45, 2.75) is 17.2 Å². The Hall–Kier alpha value is -1.88. The second-order valence-corrected chi connectivity index (χ2v) is 7.71. The minimum atomic E-state index is -3.25. The molecule has 0 radical (unpaired) electrons. The number of sulfone groups is 1. The monoisotopic (exact) mass is 319 g/mol. The Bertz CT molecular complexity index is 772. The van der Waals surface area contributed by atoms with E-state index in [1.54, 1.807) is 12.1 Å². The van der Waals surface area contributed by atoms with Crippen LogP contribution in [0.5, 0.6) is 0 Å². The van der Waals surface area contributed by atoms with Crippen molar-refractivity contribution in [1.29, 1.82) is 0 Å². The normalized spacial score (nSPS) is 18.6. The summed E-state index contributed by atoms with van der Waals surface area (Å²) in [5.41, 5.74) is 1.86. The van der Waals surface area contributed by atoms with Crippen LogP contribution in [0.2, 0.25) is 0 Å². The van der Waals surface area contributed by atoms with E-state index in [-0.39, 0.29) is 5.82 Å². The third kappa shape index (κ3) is 2.99. The van der Waals surface area contributed by atoms with Crippen molar-refractivity contribution in [3.63, 3.8) is 0 Å². The summed E-state index contributed by atoms with van der Waals surface area (Å²) in [5, 5.41) is 0. The average Bonchev–Trinajstić information content (AvgIpc) is 2.97. The van der Waals surface area contributed by atoms with Gasteiger partial charge in [0.1, 0.15) is 5.82 Å². The highest BCUT2D eigenvalue weighted by atomic mass is 32.2. The lowest BCUT2D eigenvalue weighted by atomic mass is 9.99. The zero-order chi connectivity index (χ0) is 15.7. The molecule has 1 fully saturated rings. The van der Waals surface area contributed by atoms with Crippen LogP contribution in [0.4, 0.5) is 10.1 Å². The molecular formula is C17H18FNO2S. The first kappa shape index (κ1) is 15.0. The molecule has 1 aliphatic rings. The summed E-state index contributed by atoms with van der Waals surface area (Å²) in [4.78, 5) is 2.47. The van der Waals surface area contributed by atoms with Crippen LogP contribution >= 0.6 is 0 Å². The standard InChI is InChI=1S/C17H18FNO2S/c1-22(20,21)17-5-3-2-4-16(17)19-11-10-14(12-19)13-6-8-15(18)9-7-13/h2-9,14H,10-12H2,1H3. The first-order chi connectivity index (χ1) is 10.4. The van der Waals surface area contributed by atoms with E-state index >= 15 is 0 Å². The molecular weight excluding hydrogens is 301 g/mol. The zero-order valence-electron chi connectivity index (χ0n) is 12.4.